The van der Waals surface area contributed by atoms with E-state index in [1.54, 1.807) is 12.1 Å². The topological polar surface area (TPSA) is 46.3 Å². The van der Waals surface area contributed by atoms with Crippen LogP contribution in [-0.4, -0.2) is 29.9 Å². The first-order valence-electron chi connectivity index (χ1n) is 6.85. The summed E-state index contributed by atoms with van der Waals surface area (Å²) in [7, 11) is 0. The van der Waals surface area contributed by atoms with E-state index in [2.05, 4.69) is 0 Å². The Labute approximate surface area is 113 Å². The van der Waals surface area contributed by atoms with Crippen LogP contribution in [0.1, 0.15) is 25.3 Å². The Hall–Kier alpha value is -1.42. The molecule has 2 rings (SSSR count). The summed E-state index contributed by atoms with van der Waals surface area (Å²) >= 11 is 0. The maximum atomic E-state index is 13.5. The summed E-state index contributed by atoms with van der Waals surface area (Å²) in [5, 5.41) is 0. The van der Waals surface area contributed by atoms with Crippen LogP contribution in [0, 0.1) is 11.7 Å². The van der Waals surface area contributed by atoms with E-state index in [4.69, 9.17) is 5.73 Å². The number of amides is 1. The van der Waals surface area contributed by atoms with Crippen molar-refractivity contribution in [1.29, 1.82) is 0 Å². The molecule has 19 heavy (non-hydrogen) atoms. The Bertz CT molecular complexity index is 450. The number of nitrogens with two attached hydrogens (primary N) is 1. The van der Waals surface area contributed by atoms with Crippen LogP contribution < -0.4 is 5.73 Å². The van der Waals surface area contributed by atoms with Gasteiger partial charge in [0.2, 0.25) is 5.91 Å². The van der Waals surface area contributed by atoms with E-state index in [-0.39, 0.29) is 23.7 Å². The van der Waals surface area contributed by atoms with Crippen LogP contribution >= 0.6 is 0 Å². The zero-order valence-electron chi connectivity index (χ0n) is 11.3. The van der Waals surface area contributed by atoms with Crippen molar-refractivity contribution >= 4 is 5.91 Å². The van der Waals surface area contributed by atoms with E-state index < -0.39 is 0 Å². The van der Waals surface area contributed by atoms with Gasteiger partial charge in [0.25, 0.3) is 0 Å². The first kappa shape index (κ1) is 14.0. The molecule has 3 nitrogen and oxygen atoms in total. The Morgan fingerprint density at radius 1 is 1.53 bits per heavy atom. The third-order valence-electron chi connectivity index (χ3n) is 3.76. The molecule has 1 aliphatic rings. The van der Waals surface area contributed by atoms with Gasteiger partial charge in [-0.25, -0.2) is 4.39 Å². The molecule has 1 heterocycles. The molecule has 0 aromatic heterocycles. The van der Waals surface area contributed by atoms with E-state index in [0.29, 0.717) is 24.9 Å². The molecule has 1 aromatic carbocycles. The van der Waals surface area contributed by atoms with Gasteiger partial charge in [0.05, 0.1) is 0 Å². The van der Waals surface area contributed by atoms with Crippen LogP contribution in [0.4, 0.5) is 4.39 Å². The number of hydrogen-bond donors (Lipinski definition) is 1. The first-order chi connectivity index (χ1) is 9.08. The van der Waals surface area contributed by atoms with Crippen LogP contribution in [0.5, 0.6) is 0 Å². The van der Waals surface area contributed by atoms with Crippen molar-refractivity contribution in [3.8, 4) is 0 Å². The molecule has 0 bridgehead atoms. The second-order valence-electron chi connectivity index (χ2n) is 5.36. The SMILES string of the molecule is C[C@H](CCc1ccccc1F)C(=O)N1CC[C@H](N)C1. The third-order valence-corrected chi connectivity index (χ3v) is 3.76. The zero-order chi connectivity index (χ0) is 13.8. The van der Waals surface area contributed by atoms with E-state index in [1.165, 1.54) is 6.07 Å². The van der Waals surface area contributed by atoms with Crippen molar-refractivity contribution < 1.29 is 9.18 Å². The minimum absolute atomic E-state index is 0.0788. The lowest BCUT2D eigenvalue weighted by atomic mass is 9.99. The number of likely N-dealkylation sites (tertiary alicyclic amines) is 1. The Balaban J connectivity index is 1.86. The van der Waals surface area contributed by atoms with Crippen molar-refractivity contribution in [2.75, 3.05) is 13.1 Å². The maximum absolute atomic E-state index is 13.5. The molecule has 0 aliphatic carbocycles. The third kappa shape index (κ3) is 3.53. The largest absolute Gasteiger partial charge is 0.341 e. The number of nitrogens with zero attached hydrogens (tertiary/aromatic N) is 1. The van der Waals surface area contributed by atoms with Crippen LogP contribution in [-0.2, 0) is 11.2 Å². The molecule has 4 heteroatoms. The second kappa shape index (κ2) is 6.15. The smallest absolute Gasteiger partial charge is 0.225 e. The number of aryl methyl sites for hydroxylation is 1. The lowest BCUT2D eigenvalue weighted by molar-refractivity contribution is -0.134. The zero-order valence-corrected chi connectivity index (χ0v) is 11.3. The molecule has 2 N–H and O–H groups in total. The Kier molecular flexibility index (Phi) is 4.53. The number of carbonyl (C=O) groups excluding carboxylic acids is 1. The predicted molar refractivity (Wildman–Crippen MR) is 73.1 cm³/mol. The molecule has 0 unspecified atom stereocenters. The monoisotopic (exact) mass is 264 g/mol. The minimum Gasteiger partial charge on any atom is -0.341 e. The quantitative estimate of drug-likeness (QED) is 0.903. The molecule has 0 saturated carbocycles. The predicted octanol–water partition coefficient (Wildman–Crippen LogP) is 1.95. The number of carbonyl (C=O) groups is 1. The highest BCUT2D eigenvalue weighted by Crippen LogP contribution is 2.17. The summed E-state index contributed by atoms with van der Waals surface area (Å²) in [6.45, 7) is 3.32. The van der Waals surface area contributed by atoms with Crippen LogP contribution in [0.2, 0.25) is 0 Å². The van der Waals surface area contributed by atoms with Crippen LogP contribution in [0.25, 0.3) is 0 Å². The van der Waals surface area contributed by atoms with Crippen LogP contribution in [0.3, 0.4) is 0 Å². The Morgan fingerprint density at radius 3 is 2.89 bits per heavy atom. The standard InChI is InChI=1S/C15H21FN2O/c1-11(15(19)18-9-8-13(17)10-18)6-7-12-4-2-3-5-14(12)16/h2-5,11,13H,6-10,17H2,1H3/t11-,13+/m1/s1. The molecule has 1 saturated heterocycles. The van der Waals surface area contributed by atoms with Gasteiger partial charge in [0.1, 0.15) is 5.82 Å². The molecule has 1 amide bonds. The number of hydrogen-bond acceptors (Lipinski definition) is 2. The number of benzene rings is 1. The van der Waals surface area contributed by atoms with Gasteiger partial charge in [-0.1, -0.05) is 25.1 Å². The van der Waals surface area contributed by atoms with Gasteiger partial charge < -0.3 is 10.6 Å². The average molecular weight is 264 g/mol. The molecule has 1 aliphatic heterocycles. The highest BCUT2D eigenvalue weighted by molar-refractivity contribution is 5.78. The molecular formula is C15H21FN2O. The number of halogens is 1. The van der Waals surface area contributed by atoms with Gasteiger partial charge in [-0.2, -0.15) is 0 Å². The molecule has 0 spiro atoms. The van der Waals surface area contributed by atoms with E-state index >= 15 is 0 Å². The molecule has 2 atom stereocenters. The molecule has 104 valence electrons. The fourth-order valence-electron chi connectivity index (χ4n) is 2.50. The number of rotatable bonds is 4. The molecule has 0 radical (unpaired) electrons. The van der Waals surface area contributed by atoms with Gasteiger partial charge in [0.15, 0.2) is 0 Å². The van der Waals surface area contributed by atoms with Gasteiger partial charge in [-0.3, -0.25) is 4.79 Å². The fraction of sp³-hybridized carbons (Fsp3) is 0.533. The summed E-state index contributed by atoms with van der Waals surface area (Å²) in [6.07, 6.45) is 2.15. The lowest BCUT2D eigenvalue weighted by Gasteiger charge is -2.20. The van der Waals surface area contributed by atoms with Gasteiger partial charge in [-0.15, -0.1) is 0 Å². The van der Waals surface area contributed by atoms with Gasteiger partial charge >= 0.3 is 0 Å². The van der Waals surface area contributed by atoms with E-state index in [1.807, 2.05) is 17.9 Å². The van der Waals surface area contributed by atoms with Crippen molar-refractivity contribution in [3.05, 3.63) is 35.6 Å². The Morgan fingerprint density at radius 2 is 2.26 bits per heavy atom. The fourth-order valence-corrected chi connectivity index (χ4v) is 2.50. The van der Waals surface area contributed by atoms with Gasteiger partial charge in [0, 0.05) is 25.0 Å². The lowest BCUT2D eigenvalue weighted by Crippen LogP contribution is -2.35. The van der Waals surface area contributed by atoms with E-state index in [0.717, 1.165) is 13.0 Å². The first-order valence-corrected chi connectivity index (χ1v) is 6.85. The normalized spacial score (nSPS) is 20.6. The van der Waals surface area contributed by atoms with Crippen molar-refractivity contribution in [1.82, 2.24) is 4.90 Å². The molecule has 1 fully saturated rings. The molecule has 1 aromatic rings. The average Bonchev–Trinajstić information content (AvgIpc) is 2.83. The highest BCUT2D eigenvalue weighted by Gasteiger charge is 2.26. The van der Waals surface area contributed by atoms with Crippen molar-refractivity contribution in [2.45, 2.75) is 32.2 Å². The van der Waals surface area contributed by atoms with E-state index in [9.17, 15) is 9.18 Å². The minimum atomic E-state index is -0.189. The van der Waals surface area contributed by atoms with Crippen molar-refractivity contribution in [3.63, 3.8) is 0 Å². The van der Waals surface area contributed by atoms with Crippen molar-refractivity contribution in [2.24, 2.45) is 11.7 Å². The summed E-state index contributed by atoms with van der Waals surface area (Å²) in [5.41, 5.74) is 6.49. The maximum Gasteiger partial charge on any atom is 0.225 e. The summed E-state index contributed by atoms with van der Waals surface area (Å²) in [4.78, 5) is 14.0. The summed E-state index contributed by atoms with van der Waals surface area (Å²) < 4.78 is 13.5. The highest BCUT2D eigenvalue weighted by atomic mass is 19.1. The second-order valence-corrected chi connectivity index (χ2v) is 5.36. The van der Waals surface area contributed by atoms with Gasteiger partial charge in [-0.05, 0) is 30.9 Å². The molecular weight excluding hydrogens is 243 g/mol. The summed E-state index contributed by atoms with van der Waals surface area (Å²) in [6, 6.07) is 6.85. The van der Waals surface area contributed by atoms with Crippen LogP contribution in [0.15, 0.2) is 24.3 Å². The summed E-state index contributed by atoms with van der Waals surface area (Å²) in [5.74, 6) is -0.125.